The third-order valence-corrected chi connectivity index (χ3v) is 2.53. The van der Waals surface area contributed by atoms with Crippen molar-refractivity contribution in [1.82, 2.24) is 5.32 Å². The van der Waals surface area contributed by atoms with Crippen molar-refractivity contribution in [2.75, 3.05) is 0 Å². The molecule has 7 heteroatoms. The summed E-state index contributed by atoms with van der Waals surface area (Å²) in [4.78, 5) is 19.8. The molecule has 2 heterocycles. The standard InChI is InChI=1S/C7H11NO.C2HF3O2/c9-7-3-5-1-2-6(4-7)8-5;3-2(4,5)1(6)7/h5-6,8H,1-4H2;(H,6,7). The predicted octanol–water partition coefficient (Wildman–Crippen LogP) is 1.10. The first-order chi connectivity index (χ1) is 7.29. The Kier molecular flexibility index (Phi) is 3.90. The third-order valence-electron chi connectivity index (χ3n) is 2.53. The summed E-state index contributed by atoms with van der Waals surface area (Å²) in [6.07, 6.45) is -1.07. The summed E-state index contributed by atoms with van der Waals surface area (Å²) in [5.41, 5.74) is 0. The average molecular weight is 239 g/mol. The van der Waals surface area contributed by atoms with Gasteiger partial charge in [0.2, 0.25) is 0 Å². The fourth-order valence-electron chi connectivity index (χ4n) is 1.86. The molecular formula is C9H12F3NO3. The number of ketones is 1. The van der Waals surface area contributed by atoms with Crippen LogP contribution in [0.1, 0.15) is 25.7 Å². The first-order valence-electron chi connectivity index (χ1n) is 4.87. The van der Waals surface area contributed by atoms with E-state index in [2.05, 4.69) is 5.32 Å². The highest BCUT2D eigenvalue weighted by Crippen LogP contribution is 2.23. The van der Waals surface area contributed by atoms with Crippen molar-refractivity contribution in [2.45, 2.75) is 43.9 Å². The maximum absolute atomic E-state index is 10.9. The van der Waals surface area contributed by atoms with Gasteiger partial charge in [-0.05, 0) is 12.8 Å². The van der Waals surface area contributed by atoms with Gasteiger partial charge in [0.05, 0.1) is 0 Å². The van der Waals surface area contributed by atoms with Crippen molar-refractivity contribution >= 4 is 11.8 Å². The molecule has 0 saturated carbocycles. The number of Topliss-reactive ketones (excluding diaryl/α,β-unsaturated/α-hetero) is 1. The molecule has 2 rings (SSSR count). The van der Waals surface area contributed by atoms with Crippen LogP contribution >= 0.6 is 0 Å². The van der Waals surface area contributed by atoms with Crippen LogP contribution in [0, 0.1) is 0 Å². The number of carboxylic acid groups (broad SMARTS) is 1. The lowest BCUT2D eigenvalue weighted by atomic mass is 10.1. The minimum absolute atomic E-state index is 0.459. The van der Waals surface area contributed by atoms with Crippen LogP contribution < -0.4 is 5.32 Å². The second kappa shape index (κ2) is 4.82. The number of carbonyl (C=O) groups excluding carboxylic acids is 1. The second-order valence-electron chi connectivity index (χ2n) is 3.89. The van der Waals surface area contributed by atoms with Crippen LogP contribution in [0.25, 0.3) is 0 Å². The van der Waals surface area contributed by atoms with E-state index in [1.54, 1.807) is 0 Å². The Balaban J connectivity index is 0.000000168. The molecule has 0 aromatic heterocycles. The van der Waals surface area contributed by atoms with Crippen LogP contribution in [0.4, 0.5) is 13.2 Å². The Morgan fingerprint density at radius 1 is 1.25 bits per heavy atom. The van der Waals surface area contributed by atoms with E-state index in [1.165, 1.54) is 12.8 Å². The topological polar surface area (TPSA) is 66.4 Å². The normalized spacial score (nSPS) is 28.3. The lowest BCUT2D eigenvalue weighted by Crippen LogP contribution is -2.38. The van der Waals surface area contributed by atoms with E-state index in [0.717, 1.165) is 12.8 Å². The number of halogens is 3. The summed E-state index contributed by atoms with van der Waals surface area (Å²) in [6, 6.07) is 1.08. The van der Waals surface area contributed by atoms with Gasteiger partial charge >= 0.3 is 12.1 Å². The quantitative estimate of drug-likeness (QED) is 0.664. The Bertz CT molecular complexity index is 276. The van der Waals surface area contributed by atoms with Crippen molar-refractivity contribution in [3.63, 3.8) is 0 Å². The molecule has 0 amide bonds. The largest absolute Gasteiger partial charge is 0.490 e. The number of hydrogen-bond donors (Lipinski definition) is 2. The summed E-state index contributed by atoms with van der Waals surface area (Å²) < 4.78 is 31.7. The van der Waals surface area contributed by atoms with E-state index in [1.807, 2.05) is 0 Å². The fraction of sp³-hybridized carbons (Fsp3) is 0.778. The Labute approximate surface area is 89.8 Å². The highest BCUT2D eigenvalue weighted by molar-refractivity contribution is 5.80. The first kappa shape index (κ1) is 13.0. The molecule has 0 aromatic carbocycles. The Hall–Kier alpha value is -1.11. The SMILES string of the molecule is O=C(O)C(F)(F)F.O=C1CC2CCC(C1)N2. The molecule has 2 saturated heterocycles. The van der Waals surface area contributed by atoms with Crippen LogP contribution in [0.3, 0.4) is 0 Å². The molecule has 0 aromatic rings. The number of carboxylic acids is 1. The Morgan fingerprint density at radius 3 is 1.94 bits per heavy atom. The molecule has 2 fully saturated rings. The molecule has 92 valence electrons. The maximum atomic E-state index is 10.9. The van der Waals surface area contributed by atoms with E-state index in [-0.39, 0.29) is 0 Å². The number of aliphatic carboxylic acids is 1. The van der Waals surface area contributed by atoms with Gasteiger partial charge < -0.3 is 10.4 Å². The lowest BCUT2D eigenvalue weighted by molar-refractivity contribution is -0.192. The van der Waals surface area contributed by atoms with Crippen LogP contribution in [0.15, 0.2) is 0 Å². The van der Waals surface area contributed by atoms with Gasteiger partial charge in [0.25, 0.3) is 0 Å². The van der Waals surface area contributed by atoms with Crippen LogP contribution in [-0.4, -0.2) is 35.1 Å². The van der Waals surface area contributed by atoms with E-state index < -0.39 is 12.1 Å². The van der Waals surface area contributed by atoms with E-state index >= 15 is 0 Å². The minimum atomic E-state index is -5.08. The zero-order valence-electron chi connectivity index (χ0n) is 8.38. The molecule has 2 aliphatic heterocycles. The maximum Gasteiger partial charge on any atom is 0.490 e. The molecular weight excluding hydrogens is 227 g/mol. The molecule has 2 aliphatic rings. The van der Waals surface area contributed by atoms with E-state index in [9.17, 15) is 18.0 Å². The van der Waals surface area contributed by atoms with Crippen LogP contribution in [0.5, 0.6) is 0 Å². The number of nitrogens with one attached hydrogen (secondary N) is 1. The molecule has 2 atom stereocenters. The van der Waals surface area contributed by atoms with Crippen molar-refractivity contribution in [3.8, 4) is 0 Å². The fourth-order valence-corrected chi connectivity index (χ4v) is 1.86. The predicted molar refractivity (Wildman–Crippen MR) is 47.9 cm³/mol. The average Bonchev–Trinajstić information content (AvgIpc) is 2.45. The van der Waals surface area contributed by atoms with E-state index in [0.29, 0.717) is 17.9 Å². The summed E-state index contributed by atoms with van der Waals surface area (Å²) in [6.45, 7) is 0. The number of carbonyl (C=O) groups is 2. The molecule has 2 bridgehead atoms. The van der Waals surface area contributed by atoms with Crippen LogP contribution in [-0.2, 0) is 9.59 Å². The molecule has 0 aliphatic carbocycles. The smallest absolute Gasteiger partial charge is 0.475 e. The summed E-state index contributed by atoms with van der Waals surface area (Å²) >= 11 is 0. The minimum Gasteiger partial charge on any atom is -0.475 e. The summed E-state index contributed by atoms with van der Waals surface area (Å²) in [5, 5.41) is 10.5. The van der Waals surface area contributed by atoms with E-state index in [4.69, 9.17) is 9.90 Å². The molecule has 16 heavy (non-hydrogen) atoms. The summed E-state index contributed by atoms with van der Waals surface area (Å²) in [7, 11) is 0. The third kappa shape index (κ3) is 3.80. The molecule has 0 radical (unpaired) electrons. The number of hydrogen-bond acceptors (Lipinski definition) is 3. The Morgan fingerprint density at radius 2 is 1.62 bits per heavy atom. The zero-order chi connectivity index (χ0) is 12.3. The first-order valence-corrected chi connectivity index (χ1v) is 4.87. The van der Waals surface area contributed by atoms with Gasteiger partial charge in [-0.2, -0.15) is 13.2 Å². The lowest BCUT2D eigenvalue weighted by Gasteiger charge is -2.18. The van der Waals surface area contributed by atoms with Crippen molar-refractivity contribution in [1.29, 1.82) is 0 Å². The van der Waals surface area contributed by atoms with Crippen molar-refractivity contribution in [2.24, 2.45) is 0 Å². The number of rotatable bonds is 0. The monoisotopic (exact) mass is 239 g/mol. The second-order valence-corrected chi connectivity index (χ2v) is 3.89. The zero-order valence-corrected chi connectivity index (χ0v) is 8.38. The van der Waals surface area contributed by atoms with Gasteiger partial charge in [-0.15, -0.1) is 0 Å². The highest BCUT2D eigenvalue weighted by atomic mass is 19.4. The molecule has 0 spiro atoms. The van der Waals surface area contributed by atoms with Gasteiger partial charge in [-0.3, -0.25) is 4.79 Å². The van der Waals surface area contributed by atoms with Crippen molar-refractivity contribution < 1.29 is 27.9 Å². The van der Waals surface area contributed by atoms with Crippen molar-refractivity contribution in [3.05, 3.63) is 0 Å². The summed E-state index contributed by atoms with van der Waals surface area (Å²) in [5.74, 6) is -2.30. The number of piperidine rings is 1. The number of fused-ring (bicyclic) bond motifs is 2. The van der Waals surface area contributed by atoms with Gasteiger partial charge in [0, 0.05) is 24.9 Å². The van der Waals surface area contributed by atoms with Gasteiger partial charge in [0.15, 0.2) is 0 Å². The van der Waals surface area contributed by atoms with Gasteiger partial charge in [-0.1, -0.05) is 0 Å². The molecule has 2 unspecified atom stereocenters. The van der Waals surface area contributed by atoms with Crippen LogP contribution in [0.2, 0.25) is 0 Å². The number of alkyl halides is 3. The van der Waals surface area contributed by atoms with Gasteiger partial charge in [-0.25, -0.2) is 4.79 Å². The molecule has 2 N–H and O–H groups in total. The molecule has 4 nitrogen and oxygen atoms in total. The highest BCUT2D eigenvalue weighted by Gasteiger charge is 2.38. The van der Waals surface area contributed by atoms with Gasteiger partial charge in [0.1, 0.15) is 5.78 Å².